The normalized spacial score (nSPS) is 23.4. The van der Waals surface area contributed by atoms with Crippen LogP contribution in [0.2, 0.25) is 0 Å². The number of nitrogens with one attached hydrogen (secondary N) is 3. The molecule has 2 saturated heterocycles. The van der Waals surface area contributed by atoms with E-state index in [1.807, 2.05) is 26.0 Å². The number of rotatable bonds is 5. The maximum Gasteiger partial charge on any atom is 0.322 e. The number of carbonyl (C=O) groups is 2. The van der Waals surface area contributed by atoms with E-state index in [4.69, 9.17) is 9.73 Å². The summed E-state index contributed by atoms with van der Waals surface area (Å²) in [6.45, 7) is 6.69. The molecule has 152 valence electrons. The average Bonchev–Trinajstić information content (AvgIpc) is 2.98. The van der Waals surface area contributed by atoms with Crippen LogP contribution in [0.1, 0.15) is 32.3 Å². The van der Waals surface area contributed by atoms with E-state index >= 15 is 0 Å². The van der Waals surface area contributed by atoms with Crippen molar-refractivity contribution in [3.8, 4) is 5.88 Å². The molecular formula is C19H28N6O3. The summed E-state index contributed by atoms with van der Waals surface area (Å²) in [5.41, 5.74) is 0.178. The fourth-order valence-electron chi connectivity index (χ4n) is 3.73. The number of guanidine groups is 1. The first-order valence-electron chi connectivity index (χ1n) is 9.62. The van der Waals surface area contributed by atoms with Crippen LogP contribution in [-0.2, 0) is 11.3 Å². The number of carbonyl (C=O) groups excluding carboxylic acids is 2. The number of urea groups is 1. The van der Waals surface area contributed by atoms with Gasteiger partial charge in [-0.25, -0.2) is 14.8 Å². The highest BCUT2D eigenvalue weighted by Gasteiger charge is 2.48. The molecule has 0 aliphatic carbocycles. The molecule has 1 aromatic rings. The largest absolute Gasteiger partial charge is 0.481 e. The van der Waals surface area contributed by atoms with Crippen molar-refractivity contribution in [1.82, 2.24) is 25.8 Å². The minimum absolute atomic E-state index is 0.101. The van der Waals surface area contributed by atoms with Gasteiger partial charge in [0.2, 0.25) is 5.88 Å². The Morgan fingerprint density at radius 2 is 2.14 bits per heavy atom. The maximum absolute atomic E-state index is 12.2. The van der Waals surface area contributed by atoms with Crippen LogP contribution in [0, 0.1) is 5.92 Å². The van der Waals surface area contributed by atoms with E-state index in [9.17, 15) is 9.59 Å². The Bertz CT molecular complexity index is 743. The number of pyridine rings is 1. The first-order chi connectivity index (χ1) is 13.5. The van der Waals surface area contributed by atoms with Crippen LogP contribution in [0.4, 0.5) is 4.79 Å². The molecule has 0 radical (unpaired) electrons. The first kappa shape index (κ1) is 19.9. The van der Waals surface area contributed by atoms with Gasteiger partial charge < -0.3 is 20.3 Å². The summed E-state index contributed by atoms with van der Waals surface area (Å²) >= 11 is 0. The second kappa shape index (κ2) is 8.45. The number of methoxy groups -OCH3 is 1. The third-order valence-corrected chi connectivity index (χ3v) is 5.44. The van der Waals surface area contributed by atoms with Crippen molar-refractivity contribution < 1.29 is 14.3 Å². The van der Waals surface area contributed by atoms with E-state index in [2.05, 4.69) is 25.8 Å². The van der Waals surface area contributed by atoms with E-state index in [-0.39, 0.29) is 11.8 Å². The van der Waals surface area contributed by atoms with Gasteiger partial charge in [0.1, 0.15) is 5.54 Å². The second-order valence-corrected chi connectivity index (χ2v) is 7.25. The molecular weight excluding hydrogens is 360 g/mol. The smallest absolute Gasteiger partial charge is 0.322 e. The summed E-state index contributed by atoms with van der Waals surface area (Å²) in [5.74, 6) is 1.30. The van der Waals surface area contributed by atoms with Gasteiger partial charge in [0.25, 0.3) is 5.91 Å². The van der Waals surface area contributed by atoms with E-state index in [0.29, 0.717) is 12.4 Å². The number of aliphatic imine (C=N–C) groups is 1. The third-order valence-electron chi connectivity index (χ3n) is 5.44. The number of nitrogens with zero attached hydrogens (tertiary/aromatic N) is 3. The Balaban J connectivity index is 1.62. The molecule has 1 aromatic heterocycles. The quantitative estimate of drug-likeness (QED) is 0.392. The Labute approximate surface area is 164 Å². The van der Waals surface area contributed by atoms with Crippen molar-refractivity contribution >= 4 is 17.9 Å². The molecule has 1 unspecified atom stereocenters. The zero-order valence-corrected chi connectivity index (χ0v) is 16.6. The Morgan fingerprint density at radius 3 is 2.68 bits per heavy atom. The third kappa shape index (κ3) is 4.18. The highest BCUT2D eigenvalue weighted by molar-refractivity contribution is 6.07. The van der Waals surface area contributed by atoms with E-state index in [1.165, 1.54) is 0 Å². The summed E-state index contributed by atoms with van der Waals surface area (Å²) in [6.07, 6.45) is 3.37. The molecule has 0 bridgehead atoms. The van der Waals surface area contributed by atoms with E-state index in [1.54, 1.807) is 13.3 Å². The van der Waals surface area contributed by atoms with Gasteiger partial charge >= 0.3 is 6.03 Å². The van der Waals surface area contributed by atoms with Crippen molar-refractivity contribution in [2.45, 2.75) is 38.8 Å². The van der Waals surface area contributed by atoms with Gasteiger partial charge in [0.15, 0.2) is 5.96 Å². The van der Waals surface area contributed by atoms with Crippen LogP contribution >= 0.6 is 0 Å². The molecule has 3 heterocycles. The predicted octanol–water partition coefficient (Wildman–Crippen LogP) is 0.866. The number of ether oxygens (including phenoxy) is 1. The van der Waals surface area contributed by atoms with E-state index < -0.39 is 11.6 Å². The van der Waals surface area contributed by atoms with Gasteiger partial charge in [-0.1, -0.05) is 6.07 Å². The summed E-state index contributed by atoms with van der Waals surface area (Å²) in [5, 5.41) is 8.48. The number of hydrogen-bond acceptors (Lipinski definition) is 5. The Morgan fingerprint density at radius 1 is 1.39 bits per heavy atom. The summed E-state index contributed by atoms with van der Waals surface area (Å²) in [4.78, 5) is 34.8. The van der Waals surface area contributed by atoms with Gasteiger partial charge in [0, 0.05) is 31.9 Å². The standard InChI is InChI=1S/C19H28N6O3/c1-4-20-17(22-12-13-5-6-15(28-3)21-11-13)25-9-7-14(8-10-25)19(2)16(26)23-18(27)24-19/h5-6,11,14H,4,7-10,12H2,1-3H3,(H,20,22)(H2,23,24,26,27). The number of likely N-dealkylation sites (tertiary alicyclic amines) is 1. The van der Waals surface area contributed by atoms with Crippen LogP contribution in [0.15, 0.2) is 23.3 Å². The molecule has 1 atom stereocenters. The lowest BCUT2D eigenvalue weighted by Crippen LogP contribution is -2.55. The summed E-state index contributed by atoms with van der Waals surface area (Å²) in [6, 6.07) is 3.37. The van der Waals surface area contributed by atoms with Crippen molar-refractivity contribution in [1.29, 1.82) is 0 Å². The number of imide groups is 1. The molecule has 2 fully saturated rings. The van der Waals surface area contributed by atoms with E-state index in [0.717, 1.165) is 44.0 Å². The van der Waals surface area contributed by atoms with Crippen LogP contribution in [-0.4, -0.2) is 60.1 Å². The molecule has 0 spiro atoms. The molecule has 2 aliphatic heterocycles. The fourth-order valence-corrected chi connectivity index (χ4v) is 3.73. The van der Waals surface area contributed by atoms with Crippen LogP contribution in [0.25, 0.3) is 0 Å². The molecule has 9 nitrogen and oxygen atoms in total. The molecule has 3 N–H and O–H groups in total. The average molecular weight is 388 g/mol. The fraction of sp³-hybridized carbons (Fsp3) is 0.579. The van der Waals surface area contributed by atoms with Crippen molar-refractivity contribution in [3.05, 3.63) is 23.9 Å². The zero-order valence-electron chi connectivity index (χ0n) is 16.6. The maximum atomic E-state index is 12.2. The van der Waals surface area contributed by atoms with Crippen LogP contribution < -0.4 is 20.7 Å². The SMILES string of the molecule is CCNC(=NCc1ccc(OC)nc1)N1CCC(C2(C)NC(=O)NC2=O)CC1. The monoisotopic (exact) mass is 388 g/mol. The minimum Gasteiger partial charge on any atom is -0.481 e. The van der Waals surface area contributed by atoms with Gasteiger partial charge in [-0.15, -0.1) is 0 Å². The van der Waals surface area contributed by atoms with Crippen LogP contribution in [0.5, 0.6) is 5.88 Å². The lowest BCUT2D eigenvalue weighted by Gasteiger charge is -2.39. The van der Waals surface area contributed by atoms with Crippen molar-refractivity contribution in [2.24, 2.45) is 10.9 Å². The van der Waals surface area contributed by atoms with Gasteiger partial charge in [-0.3, -0.25) is 10.1 Å². The van der Waals surface area contributed by atoms with Gasteiger partial charge in [0.05, 0.1) is 13.7 Å². The first-order valence-corrected chi connectivity index (χ1v) is 9.62. The lowest BCUT2D eigenvalue weighted by atomic mass is 9.79. The minimum atomic E-state index is -0.826. The molecule has 0 aromatic carbocycles. The van der Waals surface area contributed by atoms with Crippen molar-refractivity contribution in [3.63, 3.8) is 0 Å². The predicted molar refractivity (Wildman–Crippen MR) is 105 cm³/mol. The van der Waals surface area contributed by atoms with Gasteiger partial charge in [-0.2, -0.15) is 0 Å². The topological polar surface area (TPSA) is 108 Å². The summed E-state index contributed by atoms with van der Waals surface area (Å²) < 4.78 is 5.08. The van der Waals surface area contributed by atoms with Crippen LogP contribution in [0.3, 0.4) is 0 Å². The molecule has 2 aliphatic rings. The number of piperidine rings is 1. The second-order valence-electron chi connectivity index (χ2n) is 7.25. The van der Waals surface area contributed by atoms with Gasteiger partial charge in [-0.05, 0) is 38.2 Å². The van der Waals surface area contributed by atoms with Crippen molar-refractivity contribution in [2.75, 3.05) is 26.7 Å². The number of aromatic nitrogens is 1. The zero-order chi connectivity index (χ0) is 20.1. The number of amides is 3. The highest BCUT2D eigenvalue weighted by atomic mass is 16.5. The molecule has 3 rings (SSSR count). The highest BCUT2D eigenvalue weighted by Crippen LogP contribution is 2.30. The Kier molecular flexibility index (Phi) is 6.01. The molecule has 28 heavy (non-hydrogen) atoms. The number of hydrogen-bond donors (Lipinski definition) is 3. The molecule has 3 amide bonds. The lowest BCUT2D eigenvalue weighted by molar-refractivity contribution is -0.125. The Hall–Kier alpha value is -2.84. The molecule has 0 saturated carbocycles. The summed E-state index contributed by atoms with van der Waals surface area (Å²) in [7, 11) is 1.59. The molecule has 9 heteroatoms.